The molecule has 0 fully saturated rings. The van der Waals surface area contributed by atoms with E-state index < -0.39 is 11.7 Å². The Kier molecular flexibility index (Phi) is 8.19. The highest BCUT2D eigenvalue weighted by molar-refractivity contribution is 5.75. The van der Waals surface area contributed by atoms with E-state index >= 15 is 0 Å². The Bertz CT molecular complexity index is 285. The average molecular weight is 272 g/mol. The first kappa shape index (κ1) is 17.7. The molecule has 0 saturated heterocycles. The molecule has 0 aromatic heterocycles. The zero-order valence-electron chi connectivity index (χ0n) is 12.8. The molecule has 2 amide bonds. The summed E-state index contributed by atoms with van der Waals surface area (Å²) in [5.41, 5.74) is -0.488. The molecule has 112 valence electrons. The van der Waals surface area contributed by atoms with Crippen LogP contribution in [0.2, 0.25) is 0 Å². The molecule has 0 spiro atoms. The largest absolute Gasteiger partial charge is 0.444 e. The van der Waals surface area contributed by atoms with Crippen molar-refractivity contribution in [2.45, 2.75) is 59.5 Å². The number of carbonyl (C=O) groups excluding carboxylic acids is 2. The van der Waals surface area contributed by atoms with Crippen molar-refractivity contribution in [3.8, 4) is 0 Å². The second kappa shape index (κ2) is 8.77. The van der Waals surface area contributed by atoms with Crippen LogP contribution in [0.15, 0.2) is 0 Å². The molecule has 5 nitrogen and oxygen atoms in total. The molecule has 0 aliphatic carbocycles. The smallest absolute Gasteiger partial charge is 0.407 e. The summed E-state index contributed by atoms with van der Waals surface area (Å²) in [5.74, 6) is 0.537. The van der Waals surface area contributed by atoms with Gasteiger partial charge >= 0.3 is 6.09 Å². The zero-order valence-corrected chi connectivity index (χ0v) is 12.8. The molecule has 0 aromatic rings. The quantitative estimate of drug-likeness (QED) is 0.700. The Balaban J connectivity index is 3.58. The lowest BCUT2D eigenvalue weighted by Crippen LogP contribution is -2.33. The van der Waals surface area contributed by atoms with Crippen LogP contribution >= 0.6 is 0 Å². The first-order valence-corrected chi connectivity index (χ1v) is 6.98. The Morgan fingerprint density at radius 3 is 2.37 bits per heavy atom. The van der Waals surface area contributed by atoms with E-state index in [1.54, 1.807) is 0 Å². The highest BCUT2D eigenvalue weighted by Crippen LogP contribution is 2.06. The summed E-state index contributed by atoms with van der Waals surface area (Å²) < 4.78 is 5.09. The number of ether oxygens (including phenoxy) is 1. The van der Waals surface area contributed by atoms with Gasteiger partial charge in [-0.1, -0.05) is 20.3 Å². The van der Waals surface area contributed by atoms with Crippen molar-refractivity contribution in [2.75, 3.05) is 13.1 Å². The van der Waals surface area contributed by atoms with Gasteiger partial charge in [-0.3, -0.25) is 4.79 Å². The first-order valence-electron chi connectivity index (χ1n) is 6.98. The Labute approximate surface area is 116 Å². The number of carbonyl (C=O) groups is 2. The van der Waals surface area contributed by atoms with Crippen molar-refractivity contribution in [2.24, 2.45) is 5.92 Å². The number of rotatable bonds is 7. The molecule has 0 aliphatic rings. The Morgan fingerprint density at radius 2 is 1.84 bits per heavy atom. The normalized spacial score (nSPS) is 12.7. The van der Waals surface area contributed by atoms with E-state index in [0.29, 0.717) is 25.3 Å². The molecular formula is C14H28N2O3. The van der Waals surface area contributed by atoms with Crippen LogP contribution in [0.1, 0.15) is 53.9 Å². The predicted octanol–water partition coefficient (Wildman–Crippen LogP) is 2.45. The van der Waals surface area contributed by atoms with Crippen LogP contribution in [-0.4, -0.2) is 30.7 Å². The van der Waals surface area contributed by atoms with Gasteiger partial charge in [-0.25, -0.2) is 4.79 Å². The van der Waals surface area contributed by atoms with E-state index in [1.165, 1.54) is 0 Å². The molecule has 0 radical (unpaired) electrons. The summed E-state index contributed by atoms with van der Waals surface area (Å²) in [6.07, 6.45) is 1.66. The SMILES string of the molecule is CCC(C)CNC(=O)CCCNC(=O)OC(C)(C)C. The van der Waals surface area contributed by atoms with Gasteiger partial charge in [0.25, 0.3) is 0 Å². The lowest BCUT2D eigenvalue weighted by atomic mass is 10.1. The van der Waals surface area contributed by atoms with Crippen molar-refractivity contribution in [1.82, 2.24) is 10.6 Å². The number of hydrogen-bond acceptors (Lipinski definition) is 3. The molecule has 0 aromatic carbocycles. The minimum absolute atomic E-state index is 0.0336. The number of alkyl carbamates (subject to hydrolysis) is 1. The lowest BCUT2D eigenvalue weighted by molar-refractivity contribution is -0.121. The maximum absolute atomic E-state index is 11.5. The molecule has 0 saturated carbocycles. The van der Waals surface area contributed by atoms with Gasteiger partial charge in [0.15, 0.2) is 0 Å². The van der Waals surface area contributed by atoms with Crippen LogP contribution < -0.4 is 10.6 Å². The minimum Gasteiger partial charge on any atom is -0.444 e. The van der Waals surface area contributed by atoms with Gasteiger partial charge in [0.05, 0.1) is 0 Å². The van der Waals surface area contributed by atoms with Crippen LogP contribution in [0.3, 0.4) is 0 Å². The first-order chi connectivity index (χ1) is 8.74. The second-order valence-electron chi connectivity index (χ2n) is 5.85. The molecule has 0 heterocycles. The van der Waals surface area contributed by atoms with Crippen molar-refractivity contribution >= 4 is 12.0 Å². The summed E-state index contributed by atoms with van der Waals surface area (Å²) in [6, 6.07) is 0. The van der Waals surface area contributed by atoms with Gasteiger partial charge in [-0.05, 0) is 33.1 Å². The van der Waals surface area contributed by atoms with E-state index in [2.05, 4.69) is 24.5 Å². The molecule has 1 atom stereocenters. The van der Waals surface area contributed by atoms with Gasteiger partial charge < -0.3 is 15.4 Å². The van der Waals surface area contributed by atoms with Crippen molar-refractivity contribution in [1.29, 1.82) is 0 Å². The van der Waals surface area contributed by atoms with Gasteiger partial charge in [0, 0.05) is 19.5 Å². The van der Waals surface area contributed by atoms with Gasteiger partial charge in [0.1, 0.15) is 5.60 Å². The fourth-order valence-corrected chi connectivity index (χ4v) is 1.27. The summed E-state index contributed by atoms with van der Waals surface area (Å²) in [4.78, 5) is 22.8. The maximum Gasteiger partial charge on any atom is 0.407 e. The Hall–Kier alpha value is -1.26. The predicted molar refractivity (Wildman–Crippen MR) is 75.9 cm³/mol. The number of amides is 2. The van der Waals surface area contributed by atoms with E-state index in [4.69, 9.17) is 4.74 Å². The average Bonchev–Trinajstić information content (AvgIpc) is 2.29. The third-order valence-electron chi connectivity index (χ3n) is 2.59. The molecule has 1 unspecified atom stereocenters. The van der Waals surface area contributed by atoms with Crippen molar-refractivity contribution < 1.29 is 14.3 Å². The van der Waals surface area contributed by atoms with E-state index in [0.717, 1.165) is 13.0 Å². The highest BCUT2D eigenvalue weighted by Gasteiger charge is 2.15. The van der Waals surface area contributed by atoms with Gasteiger partial charge in [-0.15, -0.1) is 0 Å². The minimum atomic E-state index is -0.488. The van der Waals surface area contributed by atoms with Crippen LogP contribution in [-0.2, 0) is 9.53 Å². The van der Waals surface area contributed by atoms with Gasteiger partial charge in [0.2, 0.25) is 5.91 Å². The third-order valence-corrected chi connectivity index (χ3v) is 2.59. The van der Waals surface area contributed by atoms with E-state index in [1.807, 2.05) is 20.8 Å². The second-order valence-corrected chi connectivity index (χ2v) is 5.85. The molecule has 0 aliphatic heterocycles. The van der Waals surface area contributed by atoms with E-state index in [-0.39, 0.29) is 5.91 Å². The molecule has 5 heteroatoms. The molecule has 19 heavy (non-hydrogen) atoms. The summed E-state index contributed by atoms with van der Waals surface area (Å²) in [7, 11) is 0. The summed E-state index contributed by atoms with van der Waals surface area (Å²) in [6.45, 7) is 10.8. The lowest BCUT2D eigenvalue weighted by Gasteiger charge is -2.19. The summed E-state index contributed by atoms with van der Waals surface area (Å²) >= 11 is 0. The number of hydrogen-bond donors (Lipinski definition) is 2. The molecule has 0 rings (SSSR count). The molecule has 0 bridgehead atoms. The number of nitrogens with one attached hydrogen (secondary N) is 2. The molecule has 2 N–H and O–H groups in total. The fraction of sp³-hybridized carbons (Fsp3) is 0.857. The zero-order chi connectivity index (χ0) is 14.9. The third kappa shape index (κ3) is 11.6. The summed E-state index contributed by atoms with van der Waals surface area (Å²) in [5, 5.41) is 5.51. The van der Waals surface area contributed by atoms with Crippen LogP contribution in [0.25, 0.3) is 0 Å². The van der Waals surface area contributed by atoms with E-state index in [9.17, 15) is 9.59 Å². The monoisotopic (exact) mass is 272 g/mol. The van der Waals surface area contributed by atoms with Crippen molar-refractivity contribution in [3.63, 3.8) is 0 Å². The Morgan fingerprint density at radius 1 is 1.21 bits per heavy atom. The fourth-order valence-electron chi connectivity index (χ4n) is 1.27. The van der Waals surface area contributed by atoms with Gasteiger partial charge in [-0.2, -0.15) is 0 Å². The highest BCUT2D eigenvalue weighted by atomic mass is 16.6. The standard InChI is InChI=1S/C14H28N2O3/c1-6-11(2)10-16-12(17)8-7-9-15-13(18)19-14(3,4)5/h11H,6-10H2,1-5H3,(H,15,18)(H,16,17). The molecular weight excluding hydrogens is 244 g/mol. The maximum atomic E-state index is 11.5. The van der Waals surface area contributed by atoms with Crippen LogP contribution in [0, 0.1) is 5.92 Å². The van der Waals surface area contributed by atoms with Crippen LogP contribution in [0.4, 0.5) is 4.79 Å². The topological polar surface area (TPSA) is 67.4 Å². The van der Waals surface area contributed by atoms with Crippen molar-refractivity contribution in [3.05, 3.63) is 0 Å². The van der Waals surface area contributed by atoms with Crippen LogP contribution in [0.5, 0.6) is 0 Å².